The van der Waals surface area contributed by atoms with Crippen LogP contribution in [0.15, 0.2) is 89.7 Å². The fraction of sp³-hybridized carbons (Fsp3) is 0.200. The van der Waals surface area contributed by atoms with Gasteiger partial charge in [0.1, 0.15) is 23.7 Å². The van der Waals surface area contributed by atoms with Crippen molar-refractivity contribution in [1.82, 2.24) is 20.3 Å². The zero-order valence-corrected chi connectivity index (χ0v) is 20.8. The normalized spacial score (nSPS) is 12.8. The van der Waals surface area contributed by atoms with Gasteiger partial charge in [-0.3, -0.25) is 4.79 Å². The molecule has 2 N–H and O–H groups in total. The number of aliphatic hydroxyl groups is 1. The van der Waals surface area contributed by atoms with Crippen molar-refractivity contribution in [2.45, 2.75) is 38.8 Å². The van der Waals surface area contributed by atoms with E-state index in [2.05, 4.69) is 52.3 Å². The van der Waals surface area contributed by atoms with Crippen LogP contribution in [-0.2, 0) is 17.6 Å². The second-order valence-electron chi connectivity index (χ2n) is 9.20. The quantitative estimate of drug-likeness (QED) is 0.318. The fourth-order valence-corrected chi connectivity index (χ4v) is 4.52. The maximum atomic E-state index is 13.2. The molecule has 0 aliphatic rings. The predicted molar refractivity (Wildman–Crippen MR) is 141 cm³/mol. The summed E-state index contributed by atoms with van der Waals surface area (Å²) in [7, 11) is 0. The van der Waals surface area contributed by atoms with Gasteiger partial charge in [-0.15, -0.1) is 0 Å². The highest BCUT2D eigenvalue weighted by Crippen LogP contribution is 2.26. The summed E-state index contributed by atoms with van der Waals surface area (Å²) in [4.78, 5) is 25.8. The standard InChI is InChI=1S/C30H28N4O3/c1-19-8-10-24(20(2)14-19)30(21-6-4-3-5-7-21)34-29(36)15-22-9-11-28-26(33-22)16-23(37-28)17-27(35)25-12-13-31-18-32-25/h3-14,16,18,27,30,35H,15,17H2,1-2H3,(H,34,36). The van der Waals surface area contributed by atoms with E-state index in [4.69, 9.17) is 4.42 Å². The molecule has 2 aromatic carbocycles. The molecule has 2 unspecified atom stereocenters. The minimum Gasteiger partial charge on any atom is -0.459 e. The zero-order chi connectivity index (χ0) is 25.8. The Bertz CT molecular complexity index is 1520. The summed E-state index contributed by atoms with van der Waals surface area (Å²) in [6.07, 6.45) is 2.57. The fourth-order valence-electron chi connectivity index (χ4n) is 4.52. The summed E-state index contributed by atoms with van der Waals surface area (Å²) in [5, 5.41) is 13.7. The summed E-state index contributed by atoms with van der Waals surface area (Å²) < 4.78 is 5.86. The van der Waals surface area contributed by atoms with Crippen LogP contribution < -0.4 is 5.32 Å². The van der Waals surface area contributed by atoms with Crippen molar-refractivity contribution in [1.29, 1.82) is 0 Å². The van der Waals surface area contributed by atoms with E-state index < -0.39 is 6.10 Å². The van der Waals surface area contributed by atoms with Gasteiger partial charge in [-0.25, -0.2) is 15.0 Å². The first-order chi connectivity index (χ1) is 18.0. The molecule has 5 rings (SSSR count). The molecule has 0 aliphatic carbocycles. The van der Waals surface area contributed by atoms with E-state index in [1.165, 1.54) is 11.9 Å². The van der Waals surface area contributed by atoms with Crippen molar-refractivity contribution < 1.29 is 14.3 Å². The molecular weight excluding hydrogens is 464 g/mol. The Hall–Kier alpha value is -4.36. The van der Waals surface area contributed by atoms with Crippen molar-refractivity contribution in [2.75, 3.05) is 0 Å². The lowest BCUT2D eigenvalue weighted by Gasteiger charge is -2.22. The number of aryl methyl sites for hydroxylation is 2. The number of carbonyl (C=O) groups is 1. The summed E-state index contributed by atoms with van der Waals surface area (Å²) in [5.74, 6) is 0.470. The van der Waals surface area contributed by atoms with Crippen molar-refractivity contribution in [3.8, 4) is 0 Å². The molecule has 2 atom stereocenters. The molecule has 37 heavy (non-hydrogen) atoms. The number of nitrogens with zero attached hydrogens (tertiary/aromatic N) is 3. The smallest absolute Gasteiger partial charge is 0.226 e. The van der Waals surface area contributed by atoms with Gasteiger partial charge in [0, 0.05) is 18.7 Å². The lowest BCUT2D eigenvalue weighted by Crippen LogP contribution is -2.31. The molecule has 7 heteroatoms. The Morgan fingerprint density at radius 2 is 1.86 bits per heavy atom. The van der Waals surface area contributed by atoms with Crippen molar-refractivity contribution in [3.05, 3.63) is 125 Å². The van der Waals surface area contributed by atoms with Crippen LogP contribution in [0.5, 0.6) is 0 Å². The molecule has 3 aromatic heterocycles. The van der Waals surface area contributed by atoms with Gasteiger partial charge in [0.25, 0.3) is 0 Å². The number of hydrogen-bond acceptors (Lipinski definition) is 6. The maximum absolute atomic E-state index is 13.2. The third kappa shape index (κ3) is 5.73. The van der Waals surface area contributed by atoms with Crippen LogP contribution in [0, 0.1) is 13.8 Å². The number of amides is 1. The number of nitrogens with one attached hydrogen (secondary N) is 1. The van der Waals surface area contributed by atoms with Crippen LogP contribution in [-0.4, -0.2) is 26.0 Å². The van der Waals surface area contributed by atoms with Gasteiger partial charge in [0.05, 0.1) is 23.9 Å². The number of rotatable bonds is 8. The van der Waals surface area contributed by atoms with Gasteiger partial charge in [-0.05, 0) is 48.7 Å². The molecule has 0 saturated carbocycles. The molecule has 0 bridgehead atoms. The van der Waals surface area contributed by atoms with Gasteiger partial charge in [0.2, 0.25) is 5.91 Å². The van der Waals surface area contributed by atoms with E-state index in [0.29, 0.717) is 28.2 Å². The van der Waals surface area contributed by atoms with Crippen molar-refractivity contribution in [2.24, 2.45) is 0 Å². The summed E-state index contributed by atoms with van der Waals surface area (Å²) in [5.41, 5.74) is 6.81. The molecule has 3 heterocycles. The molecule has 186 valence electrons. The van der Waals surface area contributed by atoms with E-state index in [0.717, 1.165) is 16.7 Å². The van der Waals surface area contributed by atoms with E-state index in [-0.39, 0.29) is 24.8 Å². The van der Waals surface area contributed by atoms with Crippen LogP contribution in [0.4, 0.5) is 0 Å². The second kappa shape index (κ2) is 10.7. The monoisotopic (exact) mass is 492 g/mol. The third-order valence-corrected chi connectivity index (χ3v) is 6.34. The molecular formula is C30H28N4O3. The number of furan rings is 1. The van der Waals surface area contributed by atoms with E-state index in [9.17, 15) is 9.90 Å². The summed E-state index contributed by atoms with van der Waals surface area (Å²) in [6.45, 7) is 4.13. The minimum atomic E-state index is -0.811. The lowest BCUT2D eigenvalue weighted by atomic mass is 9.93. The van der Waals surface area contributed by atoms with Crippen molar-refractivity contribution in [3.63, 3.8) is 0 Å². The van der Waals surface area contributed by atoms with Gasteiger partial charge in [-0.1, -0.05) is 54.1 Å². The average molecular weight is 493 g/mol. The average Bonchev–Trinajstić information content (AvgIpc) is 3.30. The number of aromatic nitrogens is 3. The highest BCUT2D eigenvalue weighted by atomic mass is 16.3. The van der Waals surface area contributed by atoms with Crippen LogP contribution in [0.25, 0.3) is 11.1 Å². The van der Waals surface area contributed by atoms with Crippen LogP contribution in [0.1, 0.15) is 51.5 Å². The van der Waals surface area contributed by atoms with Gasteiger partial charge < -0.3 is 14.8 Å². The number of fused-ring (bicyclic) bond motifs is 1. The lowest BCUT2D eigenvalue weighted by molar-refractivity contribution is -0.121. The molecule has 0 aliphatic heterocycles. The van der Waals surface area contributed by atoms with Crippen molar-refractivity contribution >= 4 is 17.0 Å². The Balaban J connectivity index is 1.32. The Morgan fingerprint density at radius 3 is 2.62 bits per heavy atom. The molecule has 0 saturated heterocycles. The molecule has 0 fully saturated rings. The molecule has 5 aromatic rings. The number of hydrogen-bond donors (Lipinski definition) is 2. The molecule has 0 radical (unpaired) electrons. The minimum absolute atomic E-state index is 0.122. The van der Waals surface area contributed by atoms with Crippen LogP contribution in [0.3, 0.4) is 0 Å². The van der Waals surface area contributed by atoms with E-state index in [1.807, 2.05) is 36.4 Å². The highest BCUT2D eigenvalue weighted by Gasteiger charge is 2.20. The van der Waals surface area contributed by atoms with E-state index >= 15 is 0 Å². The summed E-state index contributed by atoms with van der Waals surface area (Å²) in [6, 6.07) is 23.1. The first-order valence-corrected chi connectivity index (χ1v) is 12.2. The highest BCUT2D eigenvalue weighted by molar-refractivity contribution is 5.80. The number of benzene rings is 2. The van der Waals surface area contributed by atoms with Crippen LogP contribution in [0.2, 0.25) is 0 Å². The summed E-state index contributed by atoms with van der Waals surface area (Å²) >= 11 is 0. The van der Waals surface area contributed by atoms with Gasteiger partial charge in [0.15, 0.2) is 5.58 Å². The topological polar surface area (TPSA) is 101 Å². The first-order valence-electron chi connectivity index (χ1n) is 12.2. The molecule has 1 amide bonds. The first kappa shape index (κ1) is 24.3. The number of pyridine rings is 1. The Morgan fingerprint density at radius 1 is 1.03 bits per heavy atom. The van der Waals surface area contributed by atoms with Crippen LogP contribution >= 0.6 is 0 Å². The third-order valence-electron chi connectivity index (χ3n) is 6.34. The second-order valence-corrected chi connectivity index (χ2v) is 9.20. The largest absolute Gasteiger partial charge is 0.459 e. The van der Waals surface area contributed by atoms with Gasteiger partial charge >= 0.3 is 0 Å². The molecule has 7 nitrogen and oxygen atoms in total. The SMILES string of the molecule is Cc1ccc(C(NC(=O)Cc2ccc3oc(CC(O)c4ccncn4)cc3n2)c2ccccc2)c(C)c1. The Labute approximate surface area is 215 Å². The number of aliphatic hydroxyl groups excluding tert-OH is 1. The van der Waals surface area contributed by atoms with Gasteiger partial charge in [-0.2, -0.15) is 0 Å². The Kier molecular flexibility index (Phi) is 7.05. The zero-order valence-electron chi connectivity index (χ0n) is 20.8. The predicted octanol–water partition coefficient (Wildman–Crippen LogP) is 4.96. The maximum Gasteiger partial charge on any atom is 0.226 e. The number of carbonyl (C=O) groups excluding carboxylic acids is 1. The van der Waals surface area contributed by atoms with E-state index in [1.54, 1.807) is 24.4 Å². The molecule has 0 spiro atoms.